The summed E-state index contributed by atoms with van der Waals surface area (Å²) in [7, 11) is 0. The van der Waals surface area contributed by atoms with Crippen molar-refractivity contribution >= 4 is 11.4 Å². The number of nitro groups is 2. The molecule has 116 valence electrons. The first-order chi connectivity index (χ1) is 9.90. The van der Waals surface area contributed by atoms with Crippen LogP contribution in [0.15, 0.2) is 18.2 Å². The summed E-state index contributed by atoms with van der Waals surface area (Å²) in [5.74, 6) is 0.241. The van der Waals surface area contributed by atoms with Gasteiger partial charge in [0.05, 0.1) is 15.9 Å². The van der Waals surface area contributed by atoms with Crippen LogP contribution < -0.4 is 5.32 Å². The van der Waals surface area contributed by atoms with Gasteiger partial charge in [-0.05, 0) is 31.9 Å². The maximum Gasteiger partial charge on any atom is 0.279 e. The van der Waals surface area contributed by atoms with Crippen LogP contribution in [-0.4, -0.2) is 22.4 Å². The van der Waals surface area contributed by atoms with Gasteiger partial charge in [0.1, 0.15) is 0 Å². The van der Waals surface area contributed by atoms with E-state index in [2.05, 4.69) is 12.2 Å². The summed E-state index contributed by atoms with van der Waals surface area (Å²) in [6.07, 6.45) is 1.40. The summed E-state index contributed by atoms with van der Waals surface area (Å²) in [5, 5.41) is 25.2. The molecule has 2 unspecified atom stereocenters. The molecule has 0 saturated carbocycles. The molecule has 0 radical (unpaired) electrons. The molecule has 2 atom stereocenters. The van der Waals surface area contributed by atoms with Gasteiger partial charge in [0, 0.05) is 17.7 Å². The third-order valence-electron chi connectivity index (χ3n) is 3.72. The van der Waals surface area contributed by atoms with Crippen molar-refractivity contribution in [2.24, 2.45) is 5.92 Å². The third-order valence-corrected chi connectivity index (χ3v) is 3.72. The van der Waals surface area contributed by atoms with Crippen molar-refractivity contribution in [2.75, 3.05) is 6.54 Å². The molecule has 1 rings (SSSR count). The van der Waals surface area contributed by atoms with E-state index in [9.17, 15) is 20.2 Å². The maximum absolute atomic E-state index is 11.1. The molecule has 21 heavy (non-hydrogen) atoms. The molecule has 0 bridgehead atoms. The van der Waals surface area contributed by atoms with E-state index in [1.807, 2.05) is 13.8 Å². The van der Waals surface area contributed by atoms with E-state index in [0.717, 1.165) is 19.0 Å². The Balaban J connectivity index is 3.06. The van der Waals surface area contributed by atoms with E-state index in [1.165, 1.54) is 12.1 Å². The van der Waals surface area contributed by atoms with Crippen molar-refractivity contribution in [2.45, 2.75) is 39.7 Å². The Morgan fingerprint density at radius 3 is 2.33 bits per heavy atom. The van der Waals surface area contributed by atoms with E-state index in [4.69, 9.17) is 0 Å². The molecular formula is C14H21N3O4. The van der Waals surface area contributed by atoms with E-state index >= 15 is 0 Å². The highest BCUT2D eigenvalue weighted by atomic mass is 16.6. The Labute approximate surface area is 123 Å². The van der Waals surface area contributed by atoms with Gasteiger partial charge in [-0.25, -0.2) is 0 Å². The zero-order chi connectivity index (χ0) is 16.0. The molecule has 1 aromatic rings. The number of nitrogens with zero attached hydrogens (tertiary/aromatic N) is 2. The Morgan fingerprint density at radius 2 is 1.86 bits per heavy atom. The Morgan fingerprint density at radius 1 is 1.19 bits per heavy atom. The van der Waals surface area contributed by atoms with Crippen LogP contribution in [0.3, 0.4) is 0 Å². The Kier molecular flexibility index (Phi) is 6.23. The summed E-state index contributed by atoms with van der Waals surface area (Å²) in [4.78, 5) is 20.7. The number of non-ortho nitro benzene ring substituents is 1. The van der Waals surface area contributed by atoms with E-state index in [0.29, 0.717) is 12.0 Å². The van der Waals surface area contributed by atoms with Crippen molar-refractivity contribution in [1.82, 2.24) is 5.32 Å². The molecule has 0 aliphatic heterocycles. The number of rotatable bonds is 8. The smallest absolute Gasteiger partial charge is 0.279 e. The monoisotopic (exact) mass is 295 g/mol. The minimum Gasteiger partial charge on any atom is -0.314 e. The summed E-state index contributed by atoms with van der Waals surface area (Å²) in [6, 6.07) is 4.10. The average molecular weight is 295 g/mol. The second-order valence-electron chi connectivity index (χ2n) is 5.05. The highest BCUT2D eigenvalue weighted by Crippen LogP contribution is 2.28. The SMILES string of the molecule is CCNC(C)C(CC)Cc1ccc([N+](=O)[O-])cc1[N+](=O)[O-]. The van der Waals surface area contributed by atoms with Crippen LogP contribution in [0.2, 0.25) is 0 Å². The van der Waals surface area contributed by atoms with Crippen molar-refractivity contribution in [3.63, 3.8) is 0 Å². The largest absolute Gasteiger partial charge is 0.314 e. The molecule has 0 aliphatic rings. The molecule has 1 N–H and O–H groups in total. The standard InChI is InChI=1S/C14H21N3O4/c1-4-11(10(3)15-5-2)8-12-6-7-13(16(18)19)9-14(12)17(20)21/h6-7,9-11,15H,4-5,8H2,1-3H3. The highest BCUT2D eigenvalue weighted by Gasteiger charge is 2.23. The lowest BCUT2D eigenvalue weighted by Gasteiger charge is -2.23. The summed E-state index contributed by atoms with van der Waals surface area (Å²) in [6.45, 7) is 6.93. The van der Waals surface area contributed by atoms with Crippen LogP contribution in [0.25, 0.3) is 0 Å². The first-order valence-electron chi connectivity index (χ1n) is 7.05. The van der Waals surface area contributed by atoms with E-state index in [-0.39, 0.29) is 23.3 Å². The number of hydrogen-bond acceptors (Lipinski definition) is 5. The summed E-state index contributed by atoms with van der Waals surface area (Å²) < 4.78 is 0. The topological polar surface area (TPSA) is 98.3 Å². The molecule has 7 heteroatoms. The molecule has 0 heterocycles. The molecular weight excluding hydrogens is 274 g/mol. The Bertz CT molecular complexity index is 519. The fourth-order valence-corrected chi connectivity index (χ4v) is 2.45. The lowest BCUT2D eigenvalue weighted by molar-refractivity contribution is -0.394. The highest BCUT2D eigenvalue weighted by molar-refractivity contribution is 5.49. The quantitative estimate of drug-likeness (QED) is 0.587. The molecule has 0 spiro atoms. The van der Waals surface area contributed by atoms with Crippen molar-refractivity contribution in [3.8, 4) is 0 Å². The normalized spacial score (nSPS) is 13.7. The first-order valence-corrected chi connectivity index (χ1v) is 7.05. The Hall–Kier alpha value is -2.02. The second kappa shape index (κ2) is 7.68. The fraction of sp³-hybridized carbons (Fsp3) is 0.571. The summed E-state index contributed by atoms with van der Waals surface area (Å²) >= 11 is 0. The number of benzene rings is 1. The maximum atomic E-state index is 11.1. The molecule has 0 fully saturated rings. The van der Waals surface area contributed by atoms with Gasteiger partial charge in [-0.15, -0.1) is 0 Å². The van der Waals surface area contributed by atoms with Crippen LogP contribution in [0.5, 0.6) is 0 Å². The van der Waals surface area contributed by atoms with Gasteiger partial charge < -0.3 is 5.32 Å². The van der Waals surface area contributed by atoms with Gasteiger partial charge in [-0.3, -0.25) is 20.2 Å². The van der Waals surface area contributed by atoms with Crippen LogP contribution in [-0.2, 0) is 6.42 Å². The van der Waals surface area contributed by atoms with E-state index < -0.39 is 9.85 Å². The van der Waals surface area contributed by atoms with Crippen LogP contribution in [0, 0.1) is 26.1 Å². The van der Waals surface area contributed by atoms with Crippen molar-refractivity contribution in [1.29, 1.82) is 0 Å². The van der Waals surface area contributed by atoms with Gasteiger partial charge in [-0.2, -0.15) is 0 Å². The number of nitrogens with one attached hydrogen (secondary N) is 1. The van der Waals surface area contributed by atoms with Crippen molar-refractivity contribution in [3.05, 3.63) is 44.0 Å². The minimum absolute atomic E-state index is 0.175. The zero-order valence-corrected chi connectivity index (χ0v) is 12.5. The second-order valence-corrected chi connectivity index (χ2v) is 5.05. The van der Waals surface area contributed by atoms with Crippen LogP contribution in [0.4, 0.5) is 11.4 Å². The number of nitro benzene ring substituents is 2. The molecule has 1 aromatic carbocycles. The fourth-order valence-electron chi connectivity index (χ4n) is 2.45. The molecule has 0 saturated heterocycles. The molecule has 0 aliphatic carbocycles. The lowest BCUT2D eigenvalue weighted by Crippen LogP contribution is -2.34. The van der Waals surface area contributed by atoms with Crippen LogP contribution >= 0.6 is 0 Å². The lowest BCUT2D eigenvalue weighted by atomic mass is 9.90. The van der Waals surface area contributed by atoms with Gasteiger partial charge in [-0.1, -0.05) is 20.3 Å². The van der Waals surface area contributed by atoms with Crippen LogP contribution in [0.1, 0.15) is 32.8 Å². The van der Waals surface area contributed by atoms with Crippen molar-refractivity contribution < 1.29 is 9.85 Å². The predicted molar refractivity (Wildman–Crippen MR) is 80.4 cm³/mol. The van der Waals surface area contributed by atoms with E-state index in [1.54, 1.807) is 0 Å². The van der Waals surface area contributed by atoms with Gasteiger partial charge in [0.2, 0.25) is 0 Å². The zero-order valence-electron chi connectivity index (χ0n) is 12.5. The molecule has 7 nitrogen and oxygen atoms in total. The van der Waals surface area contributed by atoms with Gasteiger partial charge in [0.15, 0.2) is 0 Å². The minimum atomic E-state index is -0.616. The summed E-state index contributed by atoms with van der Waals surface area (Å²) in [5.41, 5.74) is 0.117. The van der Waals surface area contributed by atoms with Gasteiger partial charge in [0.25, 0.3) is 11.4 Å². The first kappa shape index (κ1) is 17.0. The molecule has 0 aromatic heterocycles. The van der Waals surface area contributed by atoms with Gasteiger partial charge >= 0.3 is 0 Å². The average Bonchev–Trinajstić information content (AvgIpc) is 2.44. The molecule has 0 amide bonds. The third kappa shape index (κ3) is 4.49. The predicted octanol–water partition coefficient (Wildman–Crippen LogP) is 3.07. The number of hydrogen-bond donors (Lipinski definition) is 1.